The van der Waals surface area contributed by atoms with Gasteiger partial charge in [-0.2, -0.15) is 5.10 Å². The standard InChI is InChI=1S/C21H27N5OS2/c28-20(23-17-9-5-2-6-10-17)25-22-15-18-19(16-7-3-1-4-8-16)24-21(29-18)26-11-13-27-14-12-26/h1,3-4,7-8,15,17H,2,5-6,9-14H2,(H2,23,25,28). The van der Waals surface area contributed by atoms with Crippen LogP contribution in [0.5, 0.6) is 0 Å². The average molecular weight is 430 g/mol. The molecule has 0 bridgehead atoms. The molecule has 2 aromatic rings. The first-order valence-corrected chi connectivity index (χ1v) is 11.5. The van der Waals surface area contributed by atoms with E-state index in [1.165, 1.54) is 32.1 Å². The van der Waals surface area contributed by atoms with Gasteiger partial charge in [-0.25, -0.2) is 4.98 Å². The summed E-state index contributed by atoms with van der Waals surface area (Å²) in [5, 5.41) is 9.38. The number of ether oxygens (including phenoxy) is 1. The number of thiazole rings is 1. The minimum Gasteiger partial charge on any atom is -0.378 e. The molecule has 0 radical (unpaired) electrons. The lowest BCUT2D eigenvalue weighted by Gasteiger charge is -2.26. The number of morpholine rings is 1. The molecule has 2 aliphatic rings. The van der Waals surface area contributed by atoms with Gasteiger partial charge in [0.2, 0.25) is 0 Å². The van der Waals surface area contributed by atoms with Gasteiger partial charge < -0.3 is 15.0 Å². The molecule has 1 aliphatic heterocycles. The van der Waals surface area contributed by atoms with Crippen LogP contribution in [0.15, 0.2) is 35.4 Å². The van der Waals surface area contributed by atoms with Crippen LogP contribution < -0.4 is 15.6 Å². The first-order chi connectivity index (χ1) is 14.3. The molecule has 2 N–H and O–H groups in total. The molecular formula is C21H27N5OS2. The van der Waals surface area contributed by atoms with E-state index in [1.54, 1.807) is 11.3 Å². The maximum atomic E-state index is 5.47. The van der Waals surface area contributed by atoms with Gasteiger partial charge in [0, 0.05) is 24.7 Å². The third kappa shape index (κ3) is 5.52. The summed E-state index contributed by atoms with van der Waals surface area (Å²) in [6.45, 7) is 3.22. The third-order valence-electron chi connectivity index (χ3n) is 5.26. The largest absolute Gasteiger partial charge is 0.378 e. The van der Waals surface area contributed by atoms with Crippen LogP contribution in [0.25, 0.3) is 11.3 Å². The predicted octanol–water partition coefficient (Wildman–Crippen LogP) is 3.78. The number of hydrogen-bond acceptors (Lipinski definition) is 6. The molecular weight excluding hydrogens is 402 g/mol. The van der Waals surface area contributed by atoms with Crippen molar-refractivity contribution in [2.75, 3.05) is 31.2 Å². The Morgan fingerprint density at radius 1 is 1.17 bits per heavy atom. The number of nitrogens with zero attached hydrogens (tertiary/aromatic N) is 3. The monoisotopic (exact) mass is 429 g/mol. The Kier molecular flexibility index (Phi) is 7.08. The Balaban J connectivity index is 1.46. The predicted molar refractivity (Wildman–Crippen MR) is 124 cm³/mol. The van der Waals surface area contributed by atoms with Gasteiger partial charge in [0.15, 0.2) is 10.2 Å². The number of hydrogen-bond donors (Lipinski definition) is 2. The normalized spacial score (nSPS) is 18.1. The van der Waals surface area contributed by atoms with Crippen LogP contribution in [-0.2, 0) is 4.74 Å². The molecule has 8 heteroatoms. The number of hydrazone groups is 1. The lowest BCUT2D eigenvalue weighted by molar-refractivity contribution is 0.122. The molecule has 1 aliphatic carbocycles. The Labute approximate surface area is 181 Å². The first kappa shape index (κ1) is 20.3. The van der Waals surface area contributed by atoms with Crippen molar-refractivity contribution in [2.45, 2.75) is 38.1 Å². The van der Waals surface area contributed by atoms with Crippen LogP contribution >= 0.6 is 23.6 Å². The molecule has 2 heterocycles. The molecule has 2 fully saturated rings. The molecule has 4 rings (SSSR count). The molecule has 6 nitrogen and oxygen atoms in total. The second kappa shape index (κ2) is 10.1. The molecule has 1 saturated heterocycles. The molecule has 0 spiro atoms. The van der Waals surface area contributed by atoms with Crippen LogP contribution in [0.3, 0.4) is 0 Å². The number of benzene rings is 1. The van der Waals surface area contributed by atoms with Gasteiger partial charge in [0.25, 0.3) is 0 Å². The Bertz CT molecular complexity index is 827. The third-order valence-corrected chi connectivity index (χ3v) is 6.52. The van der Waals surface area contributed by atoms with Gasteiger partial charge in [-0.1, -0.05) is 60.9 Å². The molecule has 0 amide bonds. The van der Waals surface area contributed by atoms with Crippen molar-refractivity contribution < 1.29 is 4.74 Å². The summed E-state index contributed by atoms with van der Waals surface area (Å²) in [5.41, 5.74) is 5.02. The highest BCUT2D eigenvalue weighted by atomic mass is 32.1. The van der Waals surface area contributed by atoms with Crippen molar-refractivity contribution in [2.24, 2.45) is 5.10 Å². The fourth-order valence-electron chi connectivity index (χ4n) is 3.71. The zero-order valence-electron chi connectivity index (χ0n) is 16.5. The minimum absolute atomic E-state index is 0.468. The number of rotatable bonds is 5. The second-order valence-electron chi connectivity index (χ2n) is 7.35. The number of anilines is 1. The summed E-state index contributed by atoms with van der Waals surface area (Å²) in [4.78, 5) is 8.21. The van der Waals surface area contributed by atoms with E-state index in [4.69, 9.17) is 21.9 Å². The van der Waals surface area contributed by atoms with Crippen molar-refractivity contribution >= 4 is 40.0 Å². The fraction of sp³-hybridized carbons (Fsp3) is 0.476. The van der Waals surface area contributed by atoms with Crippen LogP contribution in [0, 0.1) is 0 Å². The summed E-state index contributed by atoms with van der Waals surface area (Å²) in [6, 6.07) is 10.7. The molecule has 1 aromatic carbocycles. The summed E-state index contributed by atoms with van der Waals surface area (Å²) in [5.74, 6) is 0. The topological polar surface area (TPSA) is 61.8 Å². The Hall–Kier alpha value is -2.03. The molecule has 154 valence electrons. The second-order valence-corrected chi connectivity index (χ2v) is 8.77. The number of nitrogens with one attached hydrogen (secondary N) is 2. The fourth-order valence-corrected chi connectivity index (χ4v) is 4.94. The molecule has 1 saturated carbocycles. The smallest absolute Gasteiger partial charge is 0.187 e. The van der Waals surface area contributed by atoms with Gasteiger partial charge in [-0.3, -0.25) is 5.43 Å². The van der Waals surface area contributed by atoms with Crippen LogP contribution in [-0.4, -0.2) is 48.7 Å². The van der Waals surface area contributed by atoms with Crippen LogP contribution in [0.1, 0.15) is 37.0 Å². The SMILES string of the molecule is S=C(NN=Cc1sc(N2CCOCC2)nc1-c1ccccc1)NC1CCCCC1. The van der Waals surface area contributed by atoms with Crippen LogP contribution in [0.4, 0.5) is 5.13 Å². The lowest BCUT2D eigenvalue weighted by atomic mass is 9.96. The Morgan fingerprint density at radius 3 is 2.69 bits per heavy atom. The Morgan fingerprint density at radius 2 is 1.93 bits per heavy atom. The minimum atomic E-state index is 0.468. The van der Waals surface area contributed by atoms with Crippen molar-refractivity contribution in [1.82, 2.24) is 15.7 Å². The van der Waals surface area contributed by atoms with Gasteiger partial charge in [-0.05, 0) is 25.1 Å². The average Bonchev–Trinajstić information content (AvgIpc) is 3.20. The van der Waals surface area contributed by atoms with E-state index in [1.807, 2.05) is 24.4 Å². The highest BCUT2D eigenvalue weighted by Crippen LogP contribution is 2.32. The van der Waals surface area contributed by atoms with E-state index >= 15 is 0 Å². The van der Waals surface area contributed by atoms with Crippen molar-refractivity contribution in [3.8, 4) is 11.3 Å². The van der Waals surface area contributed by atoms with E-state index in [-0.39, 0.29) is 0 Å². The summed E-state index contributed by atoms with van der Waals surface area (Å²) >= 11 is 7.07. The van der Waals surface area contributed by atoms with Crippen molar-refractivity contribution in [3.05, 3.63) is 35.2 Å². The van der Waals surface area contributed by atoms with E-state index in [0.29, 0.717) is 11.2 Å². The highest BCUT2D eigenvalue weighted by molar-refractivity contribution is 7.80. The van der Waals surface area contributed by atoms with E-state index in [0.717, 1.165) is 47.6 Å². The zero-order chi connectivity index (χ0) is 19.9. The maximum absolute atomic E-state index is 5.47. The van der Waals surface area contributed by atoms with E-state index < -0.39 is 0 Å². The van der Waals surface area contributed by atoms with Gasteiger partial charge in [0.05, 0.1) is 30.0 Å². The zero-order valence-corrected chi connectivity index (χ0v) is 18.1. The molecule has 1 aromatic heterocycles. The number of aromatic nitrogens is 1. The van der Waals surface area contributed by atoms with Crippen LogP contribution in [0.2, 0.25) is 0 Å². The lowest BCUT2D eigenvalue weighted by Crippen LogP contribution is -2.40. The number of thiocarbonyl (C=S) groups is 1. The molecule has 0 atom stereocenters. The quantitative estimate of drug-likeness (QED) is 0.429. The maximum Gasteiger partial charge on any atom is 0.187 e. The van der Waals surface area contributed by atoms with Crippen molar-refractivity contribution in [1.29, 1.82) is 0 Å². The van der Waals surface area contributed by atoms with Crippen molar-refractivity contribution in [3.63, 3.8) is 0 Å². The summed E-state index contributed by atoms with van der Waals surface area (Å²) in [7, 11) is 0. The first-order valence-electron chi connectivity index (χ1n) is 10.3. The summed E-state index contributed by atoms with van der Waals surface area (Å²) in [6.07, 6.45) is 8.07. The van der Waals surface area contributed by atoms with Gasteiger partial charge >= 0.3 is 0 Å². The van der Waals surface area contributed by atoms with E-state index in [9.17, 15) is 0 Å². The highest BCUT2D eigenvalue weighted by Gasteiger charge is 2.19. The summed E-state index contributed by atoms with van der Waals surface area (Å²) < 4.78 is 5.47. The van der Waals surface area contributed by atoms with Gasteiger partial charge in [0.1, 0.15) is 0 Å². The van der Waals surface area contributed by atoms with Gasteiger partial charge in [-0.15, -0.1) is 0 Å². The van der Waals surface area contributed by atoms with E-state index in [2.05, 4.69) is 32.9 Å². The molecule has 29 heavy (non-hydrogen) atoms. The molecule has 0 unspecified atom stereocenters.